The van der Waals surface area contributed by atoms with Crippen LogP contribution in [0.25, 0.3) is 0 Å². The summed E-state index contributed by atoms with van der Waals surface area (Å²) in [6, 6.07) is 2.49. The van der Waals surface area contributed by atoms with Gasteiger partial charge in [-0.25, -0.2) is 9.59 Å². The number of carboxylic acids is 2. The molecule has 0 spiro atoms. The van der Waals surface area contributed by atoms with Gasteiger partial charge < -0.3 is 15.3 Å². The zero-order chi connectivity index (χ0) is 10.9. The van der Waals surface area contributed by atoms with Crippen LogP contribution in [0.15, 0.2) is 12.1 Å². The van der Waals surface area contributed by atoms with Crippen LogP contribution in [0.4, 0.5) is 0 Å². The summed E-state index contributed by atoms with van der Waals surface area (Å²) in [6.07, 6.45) is 0. The van der Waals surface area contributed by atoms with Crippen LogP contribution in [0.5, 0.6) is 5.75 Å². The van der Waals surface area contributed by atoms with Gasteiger partial charge in [0.2, 0.25) is 0 Å². The molecular weight excluding hydrogens is 303 g/mol. The summed E-state index contributed by atoms with van der Waals surface area (Å²) in [7, 11) is 0. The molecule has 74 valence electrons. The number of hydrogen-bond acceptors (Lipinski definition) is 3. The van der Waals surface area contributed by atoms with E-state index < -0.39 is 28.8 Å². The second kappa shape index (κ2) is 3.82. The number of carboxylic acid groups (broad SMARTS) is 2. The fraction of sp³-hybridized carbons (Fsp3) is 0. The smallest absolute Gasteiger partial charge is 0.340 e. The van der Waals surface area contributed by atoms with Crippen LogP contribution in [0.2, 0.25) is 0 Å². The van der Waals surface area contributed by atoms with Gasteiger partial charge >= 0.3 is 11.9 Å². The SMILES string of the molecule is O=C(O)c1ccc(I)c(O)c1C(=O)O. The molecule has 14 heavy (non-hydrogen) atoms. The second-order valence-corrected chi connectivity index (χ2v) is 3.59. The molecule has 0 heterocycles. The molecule has 0 bridgehead atoms. The zero-order valence-electron chi connectivity index (χ0n) is 6.69. The van der Waals surface area contributed by atoms with E-state index in [9.17, 15) is 14.7 Å². The molecule has 1 aromatic carbocycles. The molecule has 0 fully saturated rings. The Balaban J connectivity index is 3.53. The number of aromatic hydroxyl groups is 1. The van der Waals surface area contributed by atoms with Crippen molar-refractivity contribution in [2.45, 2.75) is 0 Å². The lowest BCUT2D eigenvalue weighted by molar-refractivity contribution is 0.0648. The third kappa shape index (κ3) is 1.79. The number of halogens is 1. The average Bonchev–Trinajstić information content (AvgIpc) is 2.08. The molecule has 0 saturated heterocycles. The first-order valence-electron chi connectivity index (χ1n) is 3.43. The molecular formula is C8H5IO5. The van der Waals surface area contributed by atoms with E-state index in [2.05, 4.69) is 0 Å². The number of benzene rings is 1. The minimum absolute atomic E-state index is 0.296. The predicted octanol–water partition coefficient (Wildman–Crippen LogP) is 1.39. The van der Waals surface area contributed by atoms with E-state index in [4.69, 9.17) is 10.2 Å². The molecule has 0 aromatic heterocycles. The van der Waals surface area contributed by atoms with E-state index >= 15 is 0 Å². The maximum atomic E-state index is 10.7. The first-order chi connectivity index (χ1) is 6.45. The highest BCUT2D eigenvalue weighted by Crippen LogP contribution is 2.27. The maximum absolute atomic E-state index is 10.7. The van der Waals surface area contributed by atoms with Gasteiger partial charge in [-0.05, 0) is 34.7 Å². The normalized spacial score (nSPS) is 9.79. The summed E-state index contributed by atoms with van der Waals surface area (Å²) in [5.74, 6) is -3.36. The van der Waals surface area contributed by atoms with Crippen molar-refractivity contribution in [2.24, 2.45) is 0 Å². The predicted molar refractivity (Wildman–Crippen MR) is 54.7 cm³/mol. The molecule has 0 unspecified atom stereocenters. The van der Waals surface area contributed by atoms with Crippen molar-refractivity contribution in [3.05, 3.63) is 26.8 Å². The van der Waals surface area contributed by atoms with Crippen molar-refractivity contribution >= 4 is 34.5 Å². The van der Waals surface area contributed by atoms with Crippen LogP contribution in [-0.2, 0) is 0 Å². The van der Waals surface area contributed by atoms with Crippen LogP contribution < -0.4 is 0 Å². The van der Waals surface area contributed by atoms with E-state index in [-0.39, 0.29) is 0 Å². The number of carbonyl (C=O) groups is 2. The summed E-state index contributed by atoms with van der Waals surface area (Å²) in [4.78, 5) is 21.3. The Morgan fingerprint density at radius 3 is 2.14 bits per heavy atom. The quantitative estimate of drug-likeness (QED) is 0.718. The molecule has 5 nitrogen and oxygen atoms in total. The first kappa shape index (κ1) is 10.8. The van der Waals surface area contributed by atoms with Crippen LogP contribution in [0, 0.1) is 3.57 Å². The monoisotopic (exact) mass is 308 g/mol. The molecule has 0 aliphatic heterocycles. The summed E-state index contributed by atoms with van der Waals surface area (Å²) < 4.78 is 0.296. The topological polar surface area (TPSA) is 94.8 Å². The molecule has 6 heteroatoms. The molecule has 3 N–H and O–H groups in total. The molecule has 0 aliphatic carbocycles. The molecule has 0 atom stereocenters. The van der Waals surface area contributed by atoms with Crippen molar-refractivity contribution in [1.82, 2.24) is 0 Å². The number of rotatable bonds is 2. The van der Waals surface area contributed by atoms with Crippen LogP contribution in [0.1, 0.15) is 20.7 Å². The third-order valence-electron chi connectivity index (χ3n) is 1.57. The summed E-state index contributed by atoms with van der Waals surface area (Å²) in [5.41, 5.74) is -1.00. The van der Waals surface area contributed by atoms with Gasteiger partial charge in [-0.2, -0.15) is 0 Å². The van der Waals surface area contributed by atoms with Crippen LogP contribution >= 0.6 is 22.6 Å². The molecule has 1 aromatic rings. The van der Waals surface area contributed by atoms with Crippen molar-refractivity contribution in [2.75, 3.05) is 0 Å². The lowest BCUT2D eigenvalue weighted by Crippen LogP contribution is -2.08. The summed E-state index contributed by atoms with van der Waals surface area (Å²) in [5, 5.41) is 26.7. The fourth-order valence-corrected chi connectivity index (χ4v) is 1.41. The largest absolute Gasteiger partial charge is 0.506 e. The Kier molecular flexibility index (Phi) is 2.94. The maximum Gasteiger partial charge on any atom is 0.340 e. The van der Waals surface area contributed by atoms with Gasteiger partial charge in [0.05, 0.1) is 9.13 Å². The lowest BCUT2D eigenvalue weighted by Gasteiger charge is -2.05. The molecule has 1 rings (SSSR count). The summed E-state index contributed by atoms with van der Waals surface area (Å²) in [6.45, 7) is 0. The third-order valence-corrected chi connectivity index (χ3v) is 2.44. The number of phenols is 1. The Morgan fingerprint density at radius 2 is 1.71 bits per heavy atom. The van der Waals surface area contributed by atoms with Crippen LogP contribution in [0.3, 0.4) is 0 Å². The average molecular weight is 308 g/mol. The highest BCUT2D eigenvalue weighted by Gasteiger charge is 2.21. The van der Waals surface area contributed by atoms with E-state index in [1.807, 2.05) is 0 Å². The molecule has 0 radical (unpaired) electrons. The molecule has 0 saturated carbocycles. The van der Waals surface area contributed by atoms with Crippen molar-refractivity contribution in [3.8, 4) is 5.75 Å². The number of hydrogen-bond donors (Lipinski definition) is 3. The molecule has 0 aliphatic rings. The first-order valence-corrected chi connectivity index (χ1v) is 4.51. The lowest BCUT2D eigenvalue weighted by atomic mass is 10.1. The van der Waals surface area contributed by atoms with Gasteiger partial charge in [-0.1, -0.05) is 0 Å². The van der Waals surface area contributed by atoms with Gasteiger partial charge in [-0.15, -0.1) is 0 Å². The van der Waals surface area contributed by atoms with Crippen molar-refractivity contribution in [1.29, 1.82) is 0 Å². The van der Waals surface area contributed by atoms with E-state index in [1.54, 1.807) is 22.6 Å². The molecule has 0 amide bonds. The Bertz CT molecular complexity index is 412. The highest BCUT2D eigenvalue weighted by molar-refractivity contribution is 14.1. The highest BCUT2D eigenvalue weighted by atomic mass is 127. The van der Waals surface area contributed by atoms with Crippen molar-refractivity contribution in [3.63, 3.8) is 0 Å². The van der Waals surface area contributed by atoms with Crippen LogP contribution in [-0.4, -0.2) is 27.3 Å². The zero-order valence-corrected chi connectivity index (χ0v) is 8.85. The number of aromatic carboxylic acids is 2. The second-order valence-electron chi connectivity index (χ2n) is 2.43. The standard InChI is InChI=1S/C8H5IO5/c9-4-2-1-3(7(11)12)5(6(4)10)8(13)14/h1-2,10H,(H,11,12)(H,13,14). The minimum Gasteiger partial charge on any atom is -0.506 e. The van der Waals surface area contributed by atoms with E-state index in [0.29, 0.717) is 3.57 Å². The van der Waals surface area contributed by atoms with Gasteiger partial charge in [0.1, 0.15) is 11.3 Å². The minimum atomic E-state index is -1.46. The Labute approximate surface area is 92.1 Å². The Hall–Kier alpha value is -1.31. The van der Waals surface area contributed by atoms with Crippen molar-refractivity contribution < 1.29 is 24.9 Å². The van der Waals surface area contributed by atoms with Gasteiger partial charge in [-0.3, -0.25) is 0 Å². The van der Waals surface area contributed by atoms with E-state index in [1.165, 1.54) is 6.07 Å². The van der Waals surface area contributed by atoms with Gasteiger partial charge in [0.15, 0.2) is 0 Å². The fourth-order valence-electron chi connectivity index (χ4n) is 0.960. The Morgan fingerprint density at radius 1 is 1.14 bits per heavy atom. The summed E-state index contributed by atoms with van der Waals surface area (Å²) >= 11 is 1.72. The van der Waals surface area contributed by atoms with E-state index in [0.717, 1.165) is 6.07 Å². The van der Waals surface area contributed by atoms with Gasteiger partial charge in [0.25, 0.3) is 0 Å². The van der Waals surface area contributed by atoms with Gasteiger partial charge in [0, 0.05) is 0 Å².